The topological polar surface area (TPSA) is 38.0 Å². The Labute approximate surface area is 99.2 Å². The molecule has 1 atom stereocenters. The van der Waals surface area contributed by atoms with Gasteiger partial charge in [-0.3, -0.25) is 0 Å². The summed E-state index contributed by atoms with van der Waals surface area (Å²) in [4.78, 5) is 0. The van der Waals surface area contributed by atoms with Crippen molar-refractivity contribution < 1.29 is 0 Å². The van der Waals surface area contributed by atoms with Crippen molar-refractivity contribution in [2.75, 3.05) is 11.1 Å². The summed E-state index contributed by atoms with van der Waals surface area (Å²) in [5.41, 5.74) is 7.65. The van der Waals surface area contributed by atoms with Crippen LogP contribution in [-0.4, -0.2) is 6.04 Å². The maximum atomic E-state index is 5.67. The molecule has 0 heterocycles. The van der Waals surface area contributed by atoms with E-state index >= 15 is 0 Å². The Kier molecular flexibility index (Phi) is 4.66. The molecule has 2 heteroatoms. The van der Waals surface area contributed by atoms with Crippen molar-refractivity contribution in [3.63, 3.8) is 0 Å². The van der Waals surface area contributed by atoms with Gasteiger partial charge in [0.15, 0.2) is 0 Å². The Balaban J connectivity index is 2.64. The quantitative estimate of drug-likeness (QED) is 0.742. The molecule has 1 aromatic carbocycles. The number of rotatable bonds is 5. The molecule has 1 aromatic rings. The number of hydrogen-bond donors (Lipinski definition) is 2. The van der Waals surface area contributed by atoms with Crippen LogP contribution in [0.2, 0.25) is 0 Å². The van der Waals surface area contributed by atoms with Gasteiger partial charge in [-0.25, -0.2) is 0 Å². The Hall–Kier alpha value is -1.18. The van der Waals surface area contributed by atoms with E-state index in [2.05, 4.69) is 33.0 Å². The van der Waals surface area contributed by atoms with E-state index in [0.717, 1.165) is 11.4 Å². The van der Waals surface area contributed by atoms with E-state index in [1.807, 2.05) is 24.3 Å². The SMILES string of the molecule is CC(C)CC(Nc1ccc(N)cc1)C(C)C. The first-order chi connectivity index (χ1) is 7.49. The first kappa shape index (κ1) is 12.9. The van der Waals surface area contributed by atoms with Gasteiger partial charge in [-0.15, -0.1) is 0 Å². The zero-order valence-electron chi connectivity index (χ0n) is 10.8. The molecule has 0 aliphatic rings. The summed E-state index contributed by atoms with van der Waals surface area (Å²) >= 11 is 0. The van der Waals surface area contributed by atoms with Crippen LogP contribution < -0.4 is 11.1 Å². The minimum atomic E-state index is 0.531. The smallest absolute Gasteiger partial charge is 0.0343 e. The molecule has 0 aromatic heterocycles. The zero-order valence-corrected chi connectivity index (χ0v) is 10.8. The molecule has 0 bridgehead atoms. The van der Waals surface area contributed by atoms with Gasteiger partial charge in [0, 0.05) is 17.4 Å². The van der Waals surface area contributed by atoms with Gasteiger partial charge in [0.25, 0.3) is 0 Å². The summed E-state index contributed by atoms with van der Waals surface area (Å²) in [7, 11) is 0. The molecule has 0 aliphatic heterocycles. The molecule has 1 rings (SSSR count). The summed E-state index contributed by atoms with van der Waals surface area (Å²) in [5.74, 6) is 1.36. The van der Waals surface area contributed by atoms with Crippen LogP contribution in [0, 0.1) is 11.8 Å². The van der Waals surface area contributed by atoms with Crippen molar-refractivity contribution >= 4 is 11.4 Å². The molecule has 0 amide bonds. The van der Waals surface area contributed by atoms with Gasteiger partial charge in [0.1, 0.15) is 0 Å². The molecule has 90 valence electrons. The summed E-state index contributed by atoms with van der Waals surface area (Å²) in [6.07, 6.45) is 1.20. The Morgan fingerprint density at radius 2 is 1.62 bits per heavy atom. The fourth-order valence-electron chi connectivity index (χ4n) is 1.80. The molecule has 16 heavy (non-hydrogen) atoms. The fourth-order valence-corrected chi connectivity index (χ4v) is 1.80. The first-order valence-corrected chi connectivity index (χ1v) is 6.11. The van der Waals surface area contributed by atoms with Gasteiger partial charge in [-0.05, 0) is 42.5 Å². The van der Waals surface area contributed by atoms with E-state index in [1.54, 1.807) is 0 Å². The summed E-state index contributed by atoms with van der Waals surface area (Å²) in [6, 6.07) is 8.50. The Morgan fingerprint density at radius 3 is 2.06 bits per heavy atom. The van der Waals surface area contributed by atoms with Crippen molar-refractivity contribution in [1.29, 1.82) is 0 Å². The third kappa shape index (κ3) is 4.13. The zero-order chi connectivity index (χ0) is 12.1. The van der Waals surface area contributed by atoms with Crippen LogP contribution in [0.25, 0.3) is 0 Å². The van der Waals surface area contributed by atoms with Crippen LogP contribution in [0.15, 0.2) is 24.3 Å². The largest absolute Gasteiger partial charge is 0.399 e. The number of anilines is 2. The molecule has 0 saturated heterocycles. The summed E-state index contributed by atoms with van der Waals surface area (Å²) in [6.45, 7) is 9.05. The van der Waals surface area contributed by atoms with Crippen molar-refractivity contribution in [2.45, 2.75) is 40.2 Å². The van der Waals surface area contributed by atoms with E-state index in [0.29, 0.717) is 17.9 Å². The number of benzene rings is 1. The van der Waals surface area contributed by atoms with Crippen LogP contribution in [0.5, 0.6) is 0 Å². The van der Waals surface area contributed by atoms with Crippen LogP contribution in [0.4, 0.5) is 11.4 Å². The Bertz CT molecular complexity index is 301. The second-order valence-corrected chi connectivity index (χ2v) is 5.25. The van der Waals surface area contributed by atoms with Crippen molar-refractivity contribution in [2.24, 2.45) is 11.8 Å². The average Bonchev–Trinajstić information content (AvgIpc) is 2.19. The molecule has 2 nitrogen and oxygen atoms in total. The maximum Gasteiger partial charge on any atom is 0.0343 e. The van der Waals surface area contributed by atoms with E-state index in [1.165, 1.54) is 6.42 Å². The lowest BCUT2D eigenvalue weighted by atomic mass is 9.94. The van der Waals surface area contributed by atoms with Gasteiger partial charge >= 0.3 is 0 Å². The minimum Gasteiger partial charge on any atom is -0.399 e. The van der Waals surface area contributed by atoms with E-state index in [9.17, 15) is 0 Å². The molecule has 0 aliphatic carbocycles. The van der Waals surface area contributed by atoms with Gasteiger partial charge in [-0.2, -0.15) is 0 Å². The third-order valence-corrected chi connectivity index (χ3v) is 2.79. The van der Waals surface area contributed by atoms with Crippen molar-refractivity contribution in [3.8, 4) is 0 Å². The lowest BCUT2D eigenvalue weighted by molar-refractivity contribution is 0.429. The molecule has 0 spiro atoms. The third-order valence-electron chi connectivity index (χ3n) is 2.79. The fraction of sp³-hybridized carbons (Fsp3) is 0.571. The number of hydrogen-bond acceptors (Lipinski definition) is 2. The van der Waals surface area contributed by atoms with E-state index < -0.39 is 0 Å². The average molecular weight is 220 g/mol. The van der Waals surface area contributed by atoms with Crippen molar-refractivity contribution in [1.82, 2.24) is 0 Å². The predicted octanol–water partition coefficient (Wildman–Crippen LogP) is 3.75. The minimum absolute atomic E-state index is 0.531. The number of nitrogens with one attached hydrogen (secondary N) is 1. The van der Waals surface area contributed by atoms with Crippen LogP contribution >= 0.6 is 0 Å². The Morgan fingerprint density at radius 1 is 1.06 bits per heavy atom. The summed E-state index contributed by atoms with van der Waals surface area (Å²) < 4.78 is 0. The van der Waals surface area contributed by atoms with E-state index in [-0.39, 0.29) is 0 Å². The first-order valence-electron chi connectivity index (χ1n) is 6.11. The molecule has 1 unspecified atom stereocenters. The van der Waals surface area contributed by atoms with Gasteiger partial charge < -0.3 is 11.1 Å². The molecule has 0 radical (unpaired) electrons. The highest BCUT2D eigenvalue weighted by atomic mass is 14.9. The van der Waals surface area contributed by atoms with Crippen LogP contribution in [-0.2, 0) is 0 Å². The lowest BCUT2D eigenvalue weighted by Crippen LogP contribution is -2.27. The standard InChI is InChI=1S/C14H24N2/c1-10(2)9-14(11(3)4)16-13-7-5-12(15)6-8-13/h5-8,10-11,14,16H,9,15H2,1-4H3. The monoisotopic (exact) mass is 220 g/mol. The lowest BCUT2D eigenvalue weighted by Gasteiger charge is -2.25. The highest BCUT2D eigenvalue weighted by molar-refractivity contribution is 5.51. The summed E-state index contributed by atoms with van der Waals surface area (Å²) in [5, 5.41) is 3.58. The number of nitrogen functional groups attached to an aromatic ring is 1. The van der Waals surface area contributed by atoms with Crippen LogP contribution in [0.1, 0.15) is 34.1 Å². The molecule has 0 saturated carbocycles. The normalized spacial score (nSPS) is 13.1. The highest BCUT2D eigenvalue weighted by Gasteiger charge is 2.14. The van der Waals surface area contributed by atoms with Crippen molar-refractivity contribution in [3.05, 3.63) is 24.3 Å². The van der Waals surface area contributed by atoms with Crippen LogP contribution in [0.3, 0.4) is 0 Å². The second kappa shape index (κ2) is 5.78. The maximum absolute atomic E-state index is 5.67. The van der Waals surface area contributed by atoms with Gasteiger partial charge in [0.05, 0.1) is 0 Å². The predicted molar refractivity (Wildman–Crippen MR) is 72.6 cm³/mol. The molecular weight excluding hydrogens is 196 g/mol. The van der Waals surface area contributed by atoms with Gasteiger partial charge in [-0.1, -0.05) is 27.7 Å². The highest BCUT2D eigenvalue weighted by Crippen LogP contribution is 2.19. The molecule has 0 fully saturated rings. The number of nitrogens with two attached hydrogens (primary N) is 1. The molecular formula is C14H24N2. The molecule has 3 N–H and O–H groups in total. The second-order valence-electron chi connectivity index (χ2n) is 5.25. The van der Waals surface area contributed by atoms with E-state index in [4.69, 9.17) is 5.73 Å². The van der Waals surface area contributed by atoms with Gasteiger partial charge in [0.2, 0.25) is 0 Å².